The zero-order chi connectivity index (χ0) is 16.4. The minimum absolute atomic E-state index is 0.00241. The fourth-order valence-electron chi connectivity index (χ4n) is 2.87. The van der Waals surface area contributed by atoms with Crippen molar-refractivity contribution in [1.82, 2.24) is 10.2 Å². The van der Waals surface area contributed by atoms with Crippen LogP contribution in [0.25, 0.3) is 0 Å². The molecule has 7 heteroatoms. The van der Waals surface area contributed by atoms with E-state index in [1.54, 1.807) is 18.2 Å². The molecule has 7 nitrogen and oxygen atoms in total. The van der Waals surface area contributed by atoms with Crippen LogP contribution >= 0.6 is 0 Å². The van der Waals surface area contributed by atoms with Crippen LogP contribution in [-0.4, -0.2) is 47.4 Å². The third kappa shape index (κ3) is 3.05. The van der Waals surface area contributed by atoms with E-state index in [-0.39, 0.29) is 37.7 Å². The number of aliphatic hydroxyl groups is 1. The molecule has 1 saturated heterocycles. The third-order valence-corrected chi connectivity index (χ3v) is 4.20. The number of nitrogens with one attached hydrogen (secondary N) is 1. The molecule has 122 valence electrons. The zero-order valence-electron chi connectivity index (χ0n) is 12.6. The van der Waals surface area contributed by atoms with Gasteiger partial charge in [-0.15, -0.1) is 0 Å². The second-order valence-electron chi connectivity index (χ2n) is 5.78. The molecule has 0 radical (unpaired) electrons. The fraction of sp³-hybridized carbons (Fsp3) is 0.438. The fourth-order valence-corrected chi connectivity index (χ4v) is 2.87. The van der Waals surface area contributed by atoms with Gasteiger partial charge in [0.15, 0.2) is 0 Å². The predicted octanol–water partition coefficient (Wildman–Crippen LogP) is -0.0781. The summed E-state index contributed by atoms with van der Waals surface area (Å²) < 4.78 is 5.49. The van der Waals surface area contributed by atoms with E-state index in [2.05, 4.69) is 5.32 Å². The molecule has 1 aromatic carbocycles. The van der Waals surface area contributed by atoms with Crippen molar-refractivity contribution in [3.63, 3.8) is 0 Å². The van der Waals surface area contributed by atoms with Crippen LogP contribution in [-0.2, 0) is 20.0 Å². The lowest BCUT2D eigenvalue weighted by Gasteiger charge is -2.34. The molecule has 0 spiro atoms. The van der Waals surface area contributed by atoms with Gasteiger partial charge in [0.05, 0.1) is 13.2 Å². The molecule has 1 atom stereocenters. The van der Waals surface area contributed by atoms with Gasteiger partial charge in [-0.3, -0.25) is 19.3 Å². The van der Waals surface area contributed by atoms with Gasteiger partial charge in [-0.05, 0) is 6.07 Å². The summed E-state index contributed by atoms with van der Waals surface area (Å²) in [4.78, 5) is 36.0. The predicted molar refractivity (Wildman–Crippen MR) is 79.4 cm³/mol. The standard InChI is InChI=1S/C16H18N2O5/c19-13(9-18-14(20)5-6-15(18)21)17-10-16(22)7-8-23-12-4-2-1-3-11(12)16/h1-4,22H,5-10H2,(H,17,19)/t16-/m0/s1. The van der Waals surface area contributed by atoms with Crippen molar-refractivity contribution in [1.29, 1.82) is 0 Å². The van der Waals surface area contributed by atoms with E-state index < -0.39 is 11.5 Å². The first-order valence-electron chi connectivity index (χ1n) is 7.54. The maximum Gasteiger partial charge on any atom is 0.240 e. The first-order valence-corrected chi connectivity index (χ1v) is 7.54. The Morgan fingerprint density at radius 1 is 1.26 bits per heavy atom. The van der Waals surface area contributed by atoms with Gasteiger partial charge in [-0.1, -0.05) is 18.2 Å². The van der Waals surface area contributed by atoms with Crippen molar-refractivity contribution < 1.29 is 24.2 Å². The molecule has 3 rings (SSSR count). The van der Waals surface area contributed by atoms with E-state index in [9.17, 15) is 19.5 Å². The average Bonchev–Trinajstić information content (AvgIpc) is 2.86. The number of amides is 3. The maximum atomic E-state index is 12.0. The van der Waals surface area contributed by atoms with Gasteiger partial charge in [0, 0.05) is 24.8 Å². The number of para-hydroxylation sites is 1. The summed E-state index contributed by atoms with van der Waals surface area (Å²) in [6.07, 6.45) is 0.660. The SMILES string of the molecule is O=C(CN1C(=O)CCC1=O)NC[C@@]1(O)CCOc2ccccc21. The second-order valence-corrected chi connectivity index (χ2v) is 5.78. The first kappa shape index (κ1) is 15.5. The number of rotatable bonds is 4. The highest BCUT2D eigenvalue weighted by Gasteiger charge is 2.36. The quantitative estimate of drug-likeness (QED) is 0.757. The van der Waals surface area contributed by atoms with Crippen LogP contribution in [0.15, 0.2) is 24.3 Å². The number of benzene rings is 1. The smallest absolute Gasteiger partial charge is 0.240 e. The Labute approximate surface area is 133 Å². The number of fused-ring (bicyclic) bond motifs is 1. The van der Waals surface area contributed by atoms with Crippen molar-refractivity contribution >= 4 is 17.7 Å². The van der Waals surface area contributed by atoms with Crippen LogP contribution < -0.4 is 10.1 Å². The minimum atomic E-state index is -1.22. The monoisotopic (exact) mass is 318 g/mol. The molecule has 0 unspecified atom stereocenters. The lowest BCUT2D eigenvalue weighted by atomic mass is 9.88. The third-order valence-electron chi connectivity index (χ3n) is 4.20. The number of imide groups is 1. The van der Waals surface area contributed by atoms with Gasteiger partial charge < -0.3 is 15.2 Å². The molecule has 23 heavy (non-hydrogen) atoms. The highest BCUT2D eigenvalue weighted by molar-refractivity contribution is 6.04. The van der Waals surface area contributed by atoms with Crippen molar-refractivity contribution in [2.45, 2.75) is 24.9 Å². The van der Waals surface area contributed by atoms with Crippen molar-refractivity contribution in [3.05, 3.63) is 29.8 Å². The van der Waals surface area contributed by atoms with Gasteiger partial charge in [0.1, 0.15) is 17.9 Å². The molecule has 0 bridgehead atoms. The highest BCUT2D eigenvalue weighted by atomic mass is 16.5. The van der Waals surface area contributed by atoms with Gasteiger partial charge in [-0.2, -0.15) is 0 Å². The Morgan fingerprint density at radius 3 is 2.70 bits per heavy atom. The Balaban J connectivity index is 1.63. The molecule has 0 aliphatic carbocycles. The normalized spacial score (nSPS) is 23.4. The van der Waals surface area contributed by atoms with Gasteiger partial charge in [0.2, 0.25) is 17.7 Å². The lowest BCUT2D eigenvalue weighted by Crippen LogP contribution is -2.47. The van der Waals surface area contributed by atoms with E-state index in [0.717, 1.165) is 4.90 Å². The zero-order valence-corrected chi connectivity index (χ0v) is 12.6. The largest absolute Gasteiger partial charge is 0.493 e. The van der Waals surface area contributed by atoms with Gasteiger partial charge in [-0.25, -0.2) is 0 Å². The summed E-state index contributed by atoms with van der Waals surface area (Å²) in [6, 6.07) is 7.13. The number of hydrogen-bond donors (Lipinski definition) is 2. The molecule has 0 aromatic heterocycles. The van der Waals surface area contributed by atoms with E-state index in [4.69, 9.17) is 4.74 Å². The number of likely N-dealkylation sites (tertiary alicyclic amines) is 1. The second kappa shape index (κ2) is 6.00. The average molecular weight is 318 g/mol. The molecule has 0 saturated carbocycles. The van der Waals surface area contributed by atoms with Crippen LogP contribution in [0.1, 0.15) is 24.8 Å². The number of ether oxygens (including phenoxy) is 1. The lowest BCUT2D eigenvalue weighted by molar-refractivity contribution is -0.142. The Bertz CT molecular complexity index is 644. The topological polar surface area (TPSA) is 95.9 Å². The van der Waals surface area contributed by atoms with Crippen molar-refractivity contribution in [2.24, 2.45) is 0 Å². The van der Waals surface area contributed by atoms with Gasteiger partial charge in [0.25, 0.3) is 0 Å². The number of hydrogen-bond acceptors (Lipinski definition) is 5. The molecule has 2 N–H and O–H groups in total. The number of nitrogens with zero attached hydrogens (tertiary/aromatic N) is 1. The Morgan fingerprint density at radius 2 is 1.96 bits per heavy atom. The highest BCUT2D eigenvalue weighted by Crippen LogP contribution is 2.36. The Hall–Kier alpha value is -2.41. The van der Waals surface area contributed by atoms with Crippen LogP contribution in [0.4, 0.5) is 0 Å². The number of carbonyl (C=O) groups is 3. The minimum Gasteiger partial charge on any atom is -0.493 e. The molecule has 1 aromatic rings. The van der Waals surface area contributed by atoms with Crippen LogP contribution in [0.5, 0.6) is 5.75 Å². The molecular weight excluding hydrogens is 300 g/mol. The van der Waals surface area contributed by atoms with E-state index in [1.165, 1.54) is 0 Å². The van der Waals surface area contributed by atoms with Gasteiger partial charge >= 0.3 is 0 Å². The van der Waals surface area contributed by atoms with Crippen molar-refractivity contribution in [2.75, 3.05) is 19.7 Å². The summed E-state index contributed by atoms with van der Waals surface area (Å²) in [5, 5.41) is 13.4. The number of carbonyl (C=O) groups excluding carboxylic acids is 3. The van der Waals surface area contributed by atoms with Crippen LogP contribution in [0.2, 0.25) is 0 Å². The van der Waals surface area contributed by atoms with E-state index in [0.29, 0.717) is 24.3 Å². The molecule has 2 aliphatic rings. The molecular formula is C16H18N2O5. The van der Waals surface area contributed by atoms with E-state index in [1.807, 2.05) is 6.07 Å². The summed E-state index contributed by atoms with van der Waals surface area (Å²) in [6.45, 7) is 0.0564. The summed E-state index contributed by atoms with van der Waals surface area (Å²) >= 11 is 0. The Kier molecular flexibility index (Phi) is 4.04. The summed E-state index contributed by atoms with van der Waals surface area (Å²) in [5.74, 6) is -0.535. The molecule has 1 fully saturated rings. The summed E-state index contributed by atoms with van der Waals surface area (Å²) in [5.41, 5.74) is -0.594. The molecule has 2 aliphatic heterocycles. The van der Waals surface area contributed by atoms with Crippen LogP contribution in [0, 0.1) is 0 Å². The molecule has 3 amide bonds. The summed E-state index contributed by atoms with van der Waals surface area (Å²) in [7, 11) is 0. The van der Waals surface area contributed by atoms with E-state index >= 15 is 0 Å². The first-order chi connectivity index (χ1) is 11.0. The van der Waals surface area contributed by atoms with Crippen LogP contribution in [0.3, 0.4) is 0 Å². The van der Waals surface area contributed by atoms with Crippen molar-refractivity contribution in [3.8, 4) is 5.75 Å². The molecule has 2 heterocycles. The maximum absolute atomic E-state index is 12.0.